The summed E-state index contributed by atoms with van der Waals surface area (Å²) in [6, 6.07) is 21.2. The fourth-order valence-electron chi connectivity index (χ4n) is 4.83. The summed E-state index contributed by atoms with van der Waals surface area (Å²) in [5.41, 5.74) is 1.06. The van der Waals surface area contributed by atoms with E-state index in [1.807, 2.05) is 30.3 Å². The monoisotopic (exact) mass is 390 g/mol. The van der Waals surface area contributed by atoms with Gasteiger partial charge in [0.1, 0.15) is 13.1 Å². The second-order valence-corrected chi connectivity index (χ2v) is 8.87. The van der Waals surface area contributed by atoms with E-state index in [2.05, 4.69) is 62.9 Å². The van der Waals surface area contributed by atoms with Crippen LogP contribution in [0.5, 0.6) is 0 Å². The minimum atomic E-state index is -1.08. The normalized spacial score (nSPS) is 18.7. The molecule has 0 amide bonds. The van der Waals surface area contributed by atoms with Gasteiger partial charge in [-0.3, -0.25) is 0 Å². The Hall–Kier alpha value is -2.08. The zero-order chi connectivity index (χ0) is 20.7. The van der Waals surface area contributed by atoms with Crippen LogP contribution in [0.1, 0.15) is 64.0 Å². The Morgan fingerprint density at radius 2 is 1.59 bits per heavy atom. The van der Waals surface area contributed by atoms with Crippen LogP contribution in [0.25, 0.3) is 0 Å². The maximum absolute atomic E-state index is 12.0. The highest BCUT2D eigenvalue weighted by Gasteiger charge is 2.50. The molecule has 2 aromatic carbocycles. The smallest absolute Gasteiger partial charge is 0.156 e. The molecule has 2 heteroatoms. The average Bonchev–Trinajstić information content (AvgIpc) is 3.25. The van der Waals surface area contributed by atoms with Gasteiger partial charge < -0.3 is 10.0 Å². The molecule has 2 N–H and O–H groups in total. The second-order valence-electron chi connectivity index (χ2n) is 8.87. The van der Waals surface area contributed by atoms with Gasteiger partial charge in [0.05, 0.1) is 6.04 Å². The molecule has 1 aliphatic rings. The number of nitrogens with one attached hydrogen (secondary N) is 1. The van der Waals surface area contributed by atoms with Crippen LogP contribution in [0.2, 0.25) is 0 Å². The van der Waals surface area contributed by atoms with Crippen molar-refractivity contribution in [2.24, 2.45) is 5.41 Å². The van der Waals surface area contributed by atoms with Crippen molar-refractivity contribution in [3.63, 3.8) is 0 Å². The van der Waals surface area contributed by atoms with Crippen LogP contribution in [0.15, 0.2) is 60.7 Å². The van der Waals surface area contributed by atoms with Gasteiger partial charge in [-0.1, -0.05) is 86.3 Å². The topological polar surface area (TPSA) is 24.7 Å². The Balaban J connectivity index is 1.88. The van der Waals surface area contributed by atoms with Gasteiger partial charge in [0.2, 0.25) is 0 Å². The van der Waals surface area contributed by atoms with Crippen molar-refractivity contribution in [1.29, 1.82) is 0 Å². The summed E-state index contributed by atoms with van der Waals surface area (Å²) in [6.07, 6.45) is 5.42. The predicted octanol–water partition coefficient (Wildman–Crippen LogP) is 4.34. The lowest BCUT2D eigenvalue weighted by Gasteiger charge is -2.42. The van der Waals surface area contributed by atoms with Crippen LogP contribution in [0.4, 0.5) is 0 Å². The minimum absolute atomic E-state index is 0.140. The third-order valence-electron chi connectivity index (χ3n) is 6.87. The van der Waals surface area contributed by atoms with E-state index in [1.165, 1.54) is 23.3 Å². The van der Waals surface area contributed by atoms with Crippen molar-refractivity contribution in [2.75, 3.05) is 6.54 Å². The minimum Gasteiger partial charge on any atom is -0.373 e. The molecule has 1 aliphatic carbocycles. The summed E-state index contributed by atoms with van der Waals surface area (Å²) in [5.74, 6) is 6.83. The molecule has 154 valence electrons. The molecule has 0 bridgehead atoms. The molecular weight excluding hydrogens is 354 g/mol. The summed E-state index contributed by atoms with van der Waals surface area (Å²) < 4.78 is 0. The Morgan fingerprint density at radius 1 is 1.00 bits per heavy atom. The number of aliphatic hydroxyl groups is 1. The molecule has 2 aromatic rings. The zero-order valence-corrected chi connectivity index (χ0v) is 18.2. The molecule has 0 aliphatic heterocycles. The fraction of sp³-hybridized carbons (Fsp3) is 0.481. The highest BCUT2D eigenvalue weighted by Crippen LogP contribution is 2.53. The lowest BCUT2D eigenvalue weighted by molar-refractivity contribution is -0.928. The summed E-state index contributed by atoms with van der Waals surface area (Å²) in [4.78, 5) is 1.43. The Bertz CT molecular complexity index is 812. The fourth-order valence-corrected chi connectivity index (χ4v) is 4.83. The lowest BCUT2D eigenvalue weighted by Crippen LogP contribution is -3.13. The van der Waals surface area contributed by atoms with Gasteiger partial charge in [-0.25, -0.2) is 0 Å². The first kappa shape index (κ1) is 21.6. The van der Waals surface area contributed by atoms with E-state index in [0.29, 0.717) is 6.04 Å². The largest absolute Gasteiger partial charge is 0.373 e. The summed E-state index contributed by atoms with van der Waals surface area (Å²) in [6.45, 7) is 8.39. The molecule has 0 radical (unpaired) electrons. The number of hydrogen-bond donors (Lipinski definition) is 2. The molecule has 0 saturated heterocycles. The maximum atomic E-state index is 12.0. The Labute approximate surface area is 177 Å². The van der Waals surface area contributed by atoms with Crippen molar-refractivity contribution in [3.05, 3.63) is 71.8 Å². The molecule has 29 heavy (non-hydrogen) atoms. The van der Waals surface area contributed by atoms with Crippen molar-refractivity contribution in [1.82, 2.24) is 0 Å². The van der Waals surface area contributed by atoms with Crippen LogP contribution in [0, 0.1) is 17.3 Å². The number of quaternary nitrogens is 1. The first-order chi connectivity index (χ1) is 14.0. The second kappa shape index (κ2) is 9.61. The van der Waals surface area contributed by atoms with Crippen LogP contribution >= 0.6 is 0 Å². The van der Waals surface area contributed by atoms with E-state index in [0.717, 1.165) is 37.9 Å². The summed E-state index contributed by atoms with van der Waals surface area (Å²) in [5, 5.41) is 12.0. The average molecular weight is 391 g/mol. The van der Waals surface area contributed by atoms with E-state index < -0.39 is 5.60 Å². The van der Waals surface area contributed by atoms with Crippen molar-refractivity contribution >= 4 is 0 Å². The number of rotatable bonds is 7. The van der Waals surface area contributed by atoms with E-state index >= 15 is 0 Å². The Morgan fingerprint density at radius 3 is 2.14 bits per heavy atom. The molecule has 1 saturated carbocycles. The van der Waals surface area contributed by atoms with Crippen molar-refractivity contribution in [3.8, 4) is 11.8 Å². The van der Waals surface area contributed by atoms with E-state index in [9.17, 15) is 5.11 Å². The van der Waals surface area contributed by atoms with E-state index in [-0.39, 0.29) is 5.41 Å². The molecule has 3 rings (SSSR count). The van der Waals surface area contributed by atoms with E-state index in [4.69, 9.17) is 0 Å². The van der Waals surface area contributed by atoms with Crippen molar-refractivity contribution in [2.45, 2.75) is 71.1 Å². The van der Waals surface area contributed by atoms with Crippen LogP contribution in [-0.2, 0) is 12.1 Å². The molecule has 2 nitrogen and oxygen atoms in total. The van der Waals surface area contributed by atoms with Gasteiger partial charge in [-0.05, 0) is 44.6 Å². The third kappa shape index (κ3) is 4.74. The highest BCUT2D eigenvalue weighted by atomic mass is 16.3. The highest BCUT2D eigenvalue weighted by molar-refractivity contribution is 5.36. The number of hydrogen-bond acceptors (Lipinski definition) is 1. The maximum Gasteiger partial charge on any atom is 0.156 e. The summed E-state index contributed by atoms with van der Waals surface area (Å²) >= 11 is 0. The van der Waals surface area contributed by atoms with Gasteiger partial charge in [0, 0.05) is 11.0 Å². The van der Waals surface area contributed by atoms with Gasteiger partial charge in [0.15, 0.2) is 5.60 Å². The third-order valence-corrected chi connectivity index (χ3v) is 6.87. The molecule has 1 unspecified atom stereocenters. The number of benzene rings is 2. The van der Waals surface area contributed by atoms with Gasteiger partial charge in [-0.15, -0.1) is 0 Å². The first-order valence-electron chi connectivity index (χ1n) is 11.2. The predicted molar refractivity (Wildman–Crippen MR) is 120 cm³/mol. The molecular formula is C27H36NO+. The van der Waals surface area contributed by atoms with Crippen LogP contribution in [-0.4, -0.2) is 17.7 Å². The molecule has 0 spiro atoms. The molecule has 2 atom stereocenters. The quantitative estimate of drug-likeness (QED) is 0.676. The van der Waals surface area contributed by atoms with Gasteiger partial charge >= 0.3 is 0 Å². The summed E-state index contributed by atoms with van der Waals surface area (Å²) in [7, 11) is 0. The van der Waals surface area contributed by atoms with Gasteiger partial charge in [0.25, 0.3) is 0 Å². The Kier molecular flexibility index (Phi) is 7.17. The molecule has 1 fully saturated rings. The standard InChI is InChI=1S/C27H35NO/c1-4-26(18-11-12-19-26)27(29,25-16-9-6-10-17-25)20-13-21-28(23(2)3)22-24-14-7-5-8-15-24/h5-10,14-17,23,29H,4,11-12,18-19,21-22H2,1-3H3/p+1/t27-/m0/s1. The van der Waals surface area contributed by atoms with E-state index in [1.54, 1.807) is 0 Å². The van der Waals surface area contributed by atoms with Crippen LogP contribution < -0.4 is 4.90 Å². The zero-order valence-electron chi connectivity index (χ0n) is 18.2. The van der Waals surface area contributed by atoms with Crippen molar-refractivity contribution < 1.29 is 10.0 Å². The molecule has 0 heterocycles. The first-order valence-corrected chi connectivity index (χ1v) is 11.2. The molecule has 0 aromatic heterocycles. The van der Waals surface area contributed by atoms with Crippen LogP contribution in [0.3, 0.4) is 0 Å². The lowest BCUT2D eigenvalue weighted by atomic mass is 9.65. The van der Waals surface area contributed by atoms with Gasteiger partial charge in [-0.2, -0.15) is 0 Å². The SMILES string of the molecule is CCC1([C@](O)(C#CC[NH+](Cc2ccccc2)C(C)C)c2ccccc2)CCCC1.